The molecule has 0 amide bonds. The lowest BCUT2D eigenvalue weighted by molar-refractivity contribution is -0.580. The van der Waals surface area contributed by atoms with Gasteiger partial charge < -0.3 is 14.0 Å². The van der Waals surface area contributed by atoms with Gasteiger partial charge in [-0.1, -0.05) is 87.9 Å². The van der Waals surface area contributed by atoms with Crippen LogP contribution in [0.2, 0.25) is 0 Å². The molecule has 0 saturated carbocycles. The standard InChI is InChI=1S/C33H46N3O3.C9H12O3S/c1-7-10-11-12-13-14-15-16-21-38-25-17-18-26-27-19-20-35-30(22-24(8-2)28(9-3)34-35)31(27)36(29(26)23-25)32(37)39-33(4,5)6;1-6-4-7(2)9(8(3)5-6)13(10,11)12/h17-20,22-23H,7-16,21H2,1-6H3;4-5H,1-3H3,(H,10,11,12)/q+1;/p-1. The highest BCUT2D eigenvalue weighted by Gasteiger charge is 2.27. The summed E-state index contributed by atoms with van der Waals surface area (Å²) in [6.45, 7) is 18.0. The van der Waals surface area contributed by atoms with Gasteiger partial charge in [0.25, 0.3) is 5.52 Å². The SMILES string of the molecule is CCCCCCCCCCOc1ccc2c3cc[n+]4nc(CC)c(CC)cc4c3n(C(=O)OC(C)(C)C)c2c1.Cc1cc(C)c(S(=O)(=O)[O-])c(C)c1. The summed E-state index contributed by atoms with van der Waals surface area (Å²) < 4.78 is 48.2. The molecule has 0 aliphatic carbocycles. The van der Waals surface area contributed by atoms with Crippen molar-refractivity contribution in [2.24, 2.45) is 0 Å². The molecule has 0 unspecified atom stereocenters. The lowest BCUT2D eigenvalue weighted by atomic mass is 10.1. The summed E-state index contributed by atoms with van der Waals surface area (Å²) >= 11 is 0. The van der Waals surface area contributed by atoms with Crippen molar-refractivity contribution in [3.8, 4) is 5.75 Å². The first-order valence-corrected chi connectivity index (χ1v) is 20.2. The number of hydrogen-bond acceptors (Lipinski definition) is 7. The van der Waals surface area contributed by atoms with Crippen molar-refractivity contribution in [2.45, 2.75) is 137 Å². The summed E-state index contributed by atoms with van der Waals surface area (Å²) in [6.07, 6.45) is 13.4. The fourth-order valence-electron chi connectivity index (χ4n) is 6.89. The monoisotopic (exact) mass is 731 g/mol. The van der Waals surface area contributed by atoms with E-state index in [0.29, 0.717) is 17.7 Å². The molecule has 5 aromatic rings. The Morgan fingerprint density at radius 3 is 2.06 bits per heavy atom. The number of aryl methyl sites for hydroxylation is 5. The van der Waals surface area contributed by atoms with Crippen molar-refractivity contribution in [1.29, 1.82) is 0 Å². The first-order chi connectivity index (χ1) is 24.6. The van der Waals surface area contributed by atoms with Crippen molar-refractivity contribution in [2.75, 3.05) is 6.61 Å². The van der Waals surface area contributed by atoms with Gasteiger partial charge in [0.2, 0.25) is 6.20 Å². The van der Waals surface area contributed by atoms with E-state index in [-0.39, 0.29) is 4.90 Å². The first kappa shape index (κ1) is 40.7. The molecule has 10 heteroatoms. The van der Waals surface area contributed by atoms with Crippen LogP contribution in [0.15, 0.2) is 53.6 Å². The molecule has 0 saturated heterocycles. The van der Waals surface area contributed by atoms with E-state index in [1.165, 1.54) is 50.5 Å². The summed E-state index contributed by atoms with van der Waals surface area (Å²) in [5.41, 5.74) is 6.15. The van der Waals surface area contributed by atoms with Crippen LogP contribution < -0.4 is 9.25 Å². The highest BCUT2D eigenvalue weighted by Crippen LogP contribution is 2.34. The third-order valence-electron chi connectivity index (χ3n) is 9.17. The lowest BCUT2D eigenvalue weighted by Gasteiger charge is -2.20. The molecule has 5 rings (SSSR count). The number of aromatic nitrogens is 3. The molecule has 0 spiro atoms. The smallest absolute Gasteiger partial charge is 0.419 e. The molecule has 2 aromatic carbocycles. The molecule has 0 bridgehead atoms. The van der Waals surface area contributed by atoms with Crippen molar-refractivity contribution in [3.63, 3.8) is 0 Å². The average molecular weight is 732 g/mol. The summed E-state index contributed by atoms with van der Waals surface area (Å²) in [7, 11) is -4.33. The van der Waals surface area contributed by atoms with E-state index < -0.39 is 21.8 Å². The van der Waals surface area contributed by atoms with Crippen LogP contribution in [-0.2, 0) is 27.7 Å². The molecule has 0 aliphatic rings. The number of nitrogens with zero attached hydrogens (tertiary/aromatic N) is 3. The number of carbonyl (C=O) groups excluding carboxylic acids is 1. The molecule has 9 nitrogen and oxygen atoms in total. The highest BCUT2D eigenvalue weighted by atomic mass is 32.2. The molecule has 3 aromatic heterocycles. The zero-order valence-corrected chi connectivity index (χ0v) is 33.4. The van der Waals surface area contributed by atoms with E-state index in [9.17, 15) is 17.8 Å². The zero-order valence-electron chi connectivity index (χ0n) is 32.6. The fourth-order valence-corrected chi connectivity index (χ4v) is 7.80. The van der Waals surface area contributed by atoms with Crippen molar-refractivity contribution in [1.82, 2.24) is 9.67 Å². The fraction of sp³-hybridized carbons (Fsp3) is 0.500. The number of pyridine rings is 1. The van der Waals surface area contributed by atoms with Crippen LogP contribution in [-0.4, -0.2) is 40.9 Å². The predicted molar refractivity (Wildman–Crippen MR) is 208 cm³/mol. The van der Waals surface area contributed by atoms with Crippen molar-refractivity contribution < 1.29 is 31.8 Å². The maximum absolute atomic E-state index is 13.7. The summed E-state index contributed by atoms with van der Waals surface area (Å²) in [5.74, 6) is 0.774. The van der Waals surface area contributed by atoms with Gasteiger partial charge in [-0.25, -0.2) is 17.8 Å². The van der Waals surface area contributed by atoms with Crippen LogP contribution in [0.4, 0.5) is 4.79 Å². The Balaban J connectivity index is 0.000000392. The van der Waals surface area contributed by atoms with Crippen LogP contribution >= 0.6 is 0 Å². The molecular weight excluding hydrogens is 675 g/mol. The topological polar surface area (TPSA) is 115 Å². The molecule has 0 N–H and O–H groups in total. The first-order valence-electron chi connectivity index (χ1n) is 18.8. The molecule has 282 valence electrons. The Hall–Kier alpha value is -4.02. The Morgan fingerprint density at radius 2 is 1.48 bits per heavy atom. The number of hydrogen-bond donors (Lipinski definition) is 0. The Morgan fingerprint density at radius 1 is 0.846 bits per heavy atom. The van der Waals surface area contributed by atoms with Gasteiger partial charge in [0, 0.05) is 34.1 Å². The van der Waals surface area contributed by atoms with E-state index in [1.807, 2.05) is 56.6 Å². The van der Waals surface area contributed by atoms with E-state index in [4.69, 9.17) is 14.6 Å². The summed E-state index contributed by atoms with van der Waals surface area (Å²) in [6, 6.07) is 13.7. The molecule has 0 fully saturated rings. The second kappa shape index (κ2) is 17.7. The maximum Gasteiger partial charge on any atom is 0.419 e. The van der Waals surface area contributed by atoms with E-state index in [0.717, 1.165) is 63.6 Å². The minimum absolute atomic E-state index is 0.0851. The number of carbonyl (C=O) groups is 1. The quantitative estimate of drug-likeness (QED) is 0.0673. The van der Waals surface area contributed by atoms with Gasteiger partial charge >= 0.3 is 6.09 Å². The molecular formula is C42H57N3O6S. The lowest BCUT2D eigenvalue weighted by Crippen LogP contribution is -2.31. The van der Waals surface area contributed by atoms with Gasteiger partial charge in [0.05, 0.1) is 17.0 Å². The van der Waals surface area contributed by atoms with Gasteiger partial charge in [-0.3, -0.25) is 0 Å². The van der Waals surface area contributed by atoms with E-state index in [2.05, 4.69) is 32.9 Å². The van der Waals surface area contributed by atoms with Crippen LogP contribution in [0.5, 0.6) is 5.75 Å². The van der Waals surface area contributed by atoms with Gasteiger partial charge in [-0.15, -0.1) is 0 Å². The van der Waals surface area contributed by atoms with E-state index in [1.54, 1.807) is 30.5 Å². The van der Waals surface area contributed by atoms with Gasteiger partial charge in [0.1, 0.15) is 32.7 Å². The Kier molecular flexibility index (Phi) is 13.8. The third kappa shape index (κ3) is 10.1. The van der Waals surface area contributed by atoms with E-state index >= 15 is 0 Å². The van der Waals surface area contributed by atoms with Crippen LogP contribution in [0.3, 0.4) is 0 Å². The summed E-state index contributed by atoms with van der Waals surface area (Å²) in [5, 5.41) is 6.88. The largest absolute Gasteiger partial charge is 0.744 e. The predicted octanol–water partition coefficient (Wildman–Crippen LogP) is 9.87. The average Bonchev–Trinajstić information content (AvgIpc) is 3.39. The normalized spacial score (nSPS) is 12.0. The molecule has 3 heterocycles. The Labute approximate surface area is 310 Å². The zero-order chi connectivity index (χ0) is 38.2. The Bertz CT molecular complexity index is 2110. The second-order valence-electron chi connectivity index (χ2n) is 14.7. The van der Waals surface area contributed by atoms with Crippen LogP contribution in [0.1, 0.15) is 121 Å². The van der Waals surface area contributed by atoms with Crippen LogP contribution in [0.25, 0.3) is 27.3 Å². The minimum atomic E-state index is -4.33. The van der Waals surface area contributed by atoms with Gasteiger partial charge in [-0.05, 0) is 89.6 Å². The molecule has 0 radical (unpaired) electrons. The molecule has 0 atom stereocenters. The number of ether oxygens (including phenoxy) is 2. The molecule has 52 heavy (non-hydrogen) atoms. The van der Waals surface area contributed by atoms with Gasteiger partial charge in [-0.2, -0.15) is 0 Å². The minimum Gasteiger partial charge on any atom is -0.744 e. The number of fused-ring (bicyclic) bond motifs is 5. The van der Waals surface area contributed by atoms with Crippen LogP contribution in [0, 0.1) is 20.8 Å². The van der Waals surface area contributed by atoms with Gasteiger partial charge in [0.15, 0.2) is 0 Å². The number of benzene rings is 2. The van der Waals surface area contributed by atoms with Crippen molar-refractivity contribution in [3.05, 3.63) is 76.6 Å². The second-order valence-corrected chi connectivity index (χ2v) is 16.0. The maximum atomic E-state index is 13.7. The molecule has 0 aliphatic heterocycles. The van der Waals surface area contributed by atoms with Crippen molar-refractivity contribution >= 4 is 43.5 Å². The third-order valence-corrected chi connectivity index (χ3v) is 10.3. The number of unbranched alkanes of at least 4 members (excludes halogenated alkanes) is 7. The summed E-state index contributed by atoms with van der Waals surface area (Å²) in [4.78, 5) is 13.6. The highest BCUT2D eigenvalue weighted by molar-refractivity contribution is 7.85. The number of rotatable bonds is 13.